The summed E-state index contributed by atoms with van der Waals surface area (Å²) in [4.78, 5) is 13.0. The molecule has 0 aromatic heterocycles. The molecule has 2 heterocycles. The van der Waals surface area contributed by atoms with E-state index >= 15 is 0 Å². The van der Waals surface area contributed by atoms with Crippen LogP contribution in [0.4, 0.5) is 5.69 Å². The van der Waals surface area contributed by atoms with Gasteiger partial charge in [0.25, 0.3) is 0 Å². The molecule has 0 radical (unpaired) electrons. The summed E-state index contributed by atoms with van der Waals surface area (Å²) in [5, 5.41) is 2.64. The molecule has 0 unspecified atom stereocenters. The van der Waals surface area contributed by atoms with Crippen molar-refractivity contribution in [3.05, 3.63) is 18.2 Å². The van der Waals surface area contributed by atoms with Crippen LogP contribution >= 0.6 is 11.8 Å². The molecule has 2 aliphatic heterocycles. The van der Waals surface area contributed by atoms with Crippen molar-refractivity contribution in [2.45, 2.75) is 42.2 Å². The molecule has 1 aromatic carbocycles. The smallest absolute Gasteiger partial charge is 0.243 e. The van der Waals surface area contributed by atoms with Gasteiger partial charge in [-0.1, -0.05) is 13.8 Å². The van der Waals surface area contributed by atoms with Crippen molar-refractivity contribution in [2.75, 3.05) is 18.4 Å². The van der Waals surface area contributed by atoms with Gasteiger partial charge in [-0.3, -0.25) is 4.79 Å². The summed E-state index contributed by atoms with van der Waals surface area (Å²) < 4.78 is 27.4. The van der Waals surface area contributed by atoms with Crippen molar-refractivity contribution in [1.29, 1.82) is 0 Å². The van der Waals surface area contributed by atoms with Gasteiger partial charge in [-0.05, 0) is 43.4 Å². The molecule has 2 aliphatic rings. The summed E-state index contributed by atoms with van der Waals surface area (Å²) in [5.74, 6) is 0.641. The predicted molar refractivity (Wildman–Crippen MR) is 92.1 cm³/mol. The number of nitrogens with zero attached hydrogens (tertiary/aromatic N) is 1. The standard InChI is InChI=1S/C16H22N2O3S2/c1-10-6-11(2)9-18(8-10)23(20,21)13-4-5-15-14(7-13)17-16(19)12(3)22-15/h4-5,7,10-12H,6,8-9H2,1-3H3,(H,17,19)/t10-,11+,12-/m1/s1. The van der Waals surface area contributed by atoms with Crippen LogP contribution in [0.1, 0.15) is 27.2 Å². The quantitative estimate of drug-likeness (QED) is 0.887. The lowest BCUT2D eigenvalue weighted by Crippen LogP contribution is -2.42. The molecule has 1 saturated heterocycles. The summed E-state index contributed by atoms with van der Waals surface area (Å²) >= 11 is 1.46. The lowest BCUT2D eigenvalue weighted by Gasteiger charge is -2.34. The summed E-state index contributed by atoms with van der Waals surface area (Å²) in [5.41, 5.74) is 0.595. The maximum Gasteiger partial charge on any atom is 0.243 e. The Morgan fingerprint density at radius 2 is 1.83 bits per heavy atom. The maximum atomic E-state index is 12.9. The van der Waals surface area contributed by atoms with Crippen LogP contribution < -0.4 is 5.32 Å². The topological polar surface area (TPSA) is 66.5 Å². The average molecular weight is 354 g/mol. The molecular formula is C16H22N2O3S2. The van der Waals surface area contributed by atoms with Crippen LogP contribution in [-0.4, -0.2) is 37.0 Å². The molecule has 3 atom stereocenters. The second-order valence-electron chi connectivity index (χ2n) is 6.68. The van der Waals surface area contributed by atoms with Crippen molar-refractivity contribution in [1.82, 2.24) is 4.31 Å². The minimum atomic E-state index is -3.52. The highest BCUT2D eigenvalue weighted by molar-refractivity contribution is 8.01. The van der Waals surface area contributed by atoms with Gasteiger partial charge >= 0.3 is 0 Å². The fraction of sp³-hybridized carbons (Fsp3) is 0.562. The second kappa shape index (κ2) is 6.11. The Morgan fingerprint density at radius 3 is 2.48 bits per heavy atom. The zero-order chi connectivity index (χ0) is 16.8. The lowest BCUT2D eigenvalue weighted by atomic mass is 9.94. The largest absolute Gasteiger partial charge is 0.324 e. The van der Waals surface area contributed by atoms with E-state index in [1.165, 1.54) is 11.8 Å². The molecular weight excluding hydrogens is 332 g/mol. The molecule has 1 N–H and O–H groups in total. The normalized spacial score (nSPS) is 29.0. The third-order valence-electron chi connectivity index (χ3n) is 4.36. The van der Waals surface area contributed by atoms with E-state index in [-0.39, 0.29) is 16.1 Å². The van der Waals surface area contributed by atoms with Gasteiger partial charge in [-0.2, -0.15) is 4.31 Å². The number of benzene rings is 1. The highest BCUT2D eigenvalue weighted by atomic mass is 32.2. The van der Waals surface area contributed by atoms with Crippen LogP contribution in [-0.2, 0) is 14.8 Å². The van der Waals surface area contributed by atoms with Crippen molar-refractivity contribution in [2.24, 2.45) is 11.8 Å². The van der Waals surface area contributed by atoms with Crippen molar-refractivity contribution < 1.29 is 13.2 Å². The van der Waals surface area contributed by atoms with E-state index in [9.17, 15) is 13.2 Å². The van der Waals surface area contributed by atoms with E-state index in [1.807, 2.05) is 6.92 Å². The van der Waals surface area contributed by atoms with Crippen molar-refractivity contribution >= 4 is 33.4 Å². The van der Waals surface area contributed by atoms with Crippen LogP contribution in [0.3, 0.4) is 0 Å². The zero-order valence-corrected chi connectivity index (χ0v) is 15.2. The van der Waals surface area contributed by atoms with E-state index in [0.29, 0.717) is 30.6 Å². The van der Waals surface area contributed by atoms with Gasteiger partial charge in [0.2, 0.25) is 15.9 Å². The van der Waals surface area contributed by atoms with Gasteiger partial charge < -0.3 is 5.32 Å². The summed E-state index contributed by atoms with van der Waals surface area (Å²) in [7, 11) is -3.52. The molecule has 0 spiro atoms. The molecule has 1 amide bonds. The minimum Gasteiger partial charge on any atom is -0.324 e. The lowest BCUT2D eigenvalue weighted by molar-refractivity contribution is -0.115. The summed E-state index contributed by atoms with van der Waals surface area (Å²) in [6.45, 7) is 7.13. The third kappa shape index (κ3) is 3.27. The first-order valence-corrected chi connectivity index (χ1v) is 10.2. The Labute approximate surface area is 141 Å². The highest BCUT2D eigenvalue weighted by Crippen LogP contribution is 2.37. The molecule has 0 bridgehead atoms. The Hall–Kier alpha value is -1.05. The van der Waals surface area contributed by atoms with Crippen molar-refractivity contribution in [3.63, 3.8) is 0 Å². The molecule has 23 heavy (non-hydrogen) atoms. The first-order chi connectivity index (χ1) is 10.8. The first-order valence-electron chi connectivity index (χ1n) is 7.89. The predicted octanol–water partition coefficient (Wildman–Crippen LogP) is 2.79. The summed E-state index contributed by atoms with van der Waals surface area (Å²) in [6, 6.07) is 5.03. The van der Waals surface area contributed by atoms with Crippen LogP contribution in [0.2, 0.25) is 0 Å². The fourth-order valence-electron chi connectivity index (χ4n) is 3.30. The number of fused-ring (bicyclic) bond motifs is 1. The SMILES string of the molecule is C[C@@H]1C[C@H](C)CN(S(=O)(=O)c2ccc3c(c2)NC(=O)[C@@H](C)S3)C1. The monoisotopic (exact) mass is 354 g/mol. The number of sulfonamides is 1. The average Bonchev–Trinajstić information content (AvgIpc) is 2.47. The number of carbonyl (C=O) groups excluding carboxylic acids is 1. The van der Waals surface area contributed by atoms with E-state index in [2.05, 4.69) is 19.2 Å². The van der Waals surface area contributed by atoms with Crippen LogP contribution in [0.25, 0.3) is 0 Å². The third-order valence-corrected chi connectivity index (χ3v) is 7.36. The molecule has 5 nitrogen and oxygen atoms in total. The van der Waals surface area contributed by atoms with Gasteiger partial charge in [0.15, 0.2) is 0 Å². The Morgan fingerprint density at radius 1 is 1.17 bits per heavy atom. The number of piperidine rings is 1. The molecule has 0 saturated carbocycles. The Bertz CT molecular complexity index is 723. The van der Waals surface area contributed by atoms with E-state index in [4.69, 9.17) is 0 Å². The van der Waals surface area contributed by atoms with Crippen LogP contribution in [0.15, 0.2) is 28.0 Å². The Kier molecular flexibility index (Phi) is 4.46. The number of thioether (sulfide) groups is 1. The number of hydrogen-bond donors (Lipinski definition) is 1. The van der Waals surface area contributed by atoms with Gasteiger partial charge in [-0.25, -0.2) is 8.42 Å². The number of amides is 1. The van der Waals surface area contributed by atoms with E-state index in [1.54, 1.807) is 22.5 Å². The number of carbonyl (C=O) groups is 1. The number of anilines is 1. The number of rotatable bonds is 2. The second-order valence-corrected chi connectivity index (χ2v) is 10.00. The van der Waals surface area contributed by atoms with Gasteiger partial charge in [0.05, 0.1) is 15.8 Å². The molecule has 3 rings (SSSR count). The van der Waals surface area contributed by atoms with Crippen LogP contribution in [0.5, 0.6) is 0 Å². The molecule has 7 heteroatoms. The molecule has 1 aromatic rings. The zero-order valence-electron chi connectivity index (χ0n) is 13.6. The van der Waals surface area contributed by atoms with Gasteiger partial charge in [0.1, 0.15) is 0 Å². The summed E-state index contributed by atoms with van der Waals surface area (Å²) in [6.07, 6.45) is 1.06. The minimum absolute atomic E-state index is 0.0859. The van der Waals surface area contributed by atoms with E-state index in [0.717, 1.165) is 11.3 Å². The van der Waals surface area contributed by atoms with E-state index < -0.39 is 10.0 Å². The van der Waals surface area contributed by atoms with Crippen molar-refractivity contribution in [3.8, 4) is 0 Å². The Balaban J connectivity index is 1.92. The van der Waals surface area contributed by atoms with Crippen LogP contribution in [0, 0.1) is 11.8 Å². The highest BCUT2D eigenvalue weighted by Gasteiger charge is 2.33. The molecule has 126 valence electrons. The van der Waals surface area contributed by atoms with Gasteiger partial charge in [-0.15, -0.1) is 11.8 Å². The molecule has 1 fully saturated rings. The molecule has 0 aliphatic carbocycles. The number of hydrogen-bond acceptors (Lipinski definition) is 4. The maximum absolute atomic E-state index is 12.9. The number of nitrogens with one attached hydrogen (secondary N) is 1. The van der Waals surface area contributed by atoms with Gasteiger partial charge in [0, 0.05) is 18.0 Å². The first kappa shape index (κ1) is 16.8. The fourth-order valence-corrected chi connectivity index (χ4v) is 5.94.